The molecule has 0 aliphatic carbocycles. The number of alkyl halides is 2. The van der Waals surface area contributed by atoms with E-state index in [1.54, 1.807) is 6.07 Å². The molecule has 22 heavy (non-hydrogen) atoms. The van der Waals surface area contributed by atoms with Crippen molar-refractivity contribution >= 4 is 24.2 Å². The molecule has 1 aromatic rings. The number of fused-ring (bicyclic) bond motifs is 1. The highest BCUT2D eigenvalue weighted by molar-refractivity contribution is 6.63. The molecule has 0 N–H and O–H groups in total. The molecule has 0 aromatic heterocycles. The molecule has 1 aromatic carbocycles. The van der Waals surface area contributed by atoms with Crippen LogP contribution in [0.25, 0.3) is 0 Å². The lowest BCUT2D eigenvalue weighted by Gasteiger charge is -2.32. The normalized spacial score (nSPS) is 24.8. The summed E-state index contributed by atoms with van der Waals surface area (Å²) in [5.41, 5.74) is -1.18. The van der Waals surface area contributed by atoms with Crippen molar-refractivity contribution in [3.63, 3.8) is 0 Å². The van der Waals surface area contributed by atoms with Crippen molar-refractivity contribution in [1.29, 1.82) is 0 Å². The molecule has 1 saturated heterocycles. The zero-order valence-corrected chi connectivity index (χ0v) is 13.2. The summed E-state index contributed by atoms with van der Waals surface area (Å²) in [6, 6.07) is 4.66. The van der Waals surface area contributed by atoms with Gasteiger partial charge in [0, 0.05) is 7.05 Å². The van der Waals surface area contributed by atoms with Crippen LogP contribution in [0.4, 0.5) is 14.5 Å². The van der Waals surface area contributed by atoms with Crippen molar-refractivity contribution in [2.45, 2.75) is 44.8 Å². The van der Waals surface area contributed by atoms with Crippen LogP contribution < -0.4 is 10.4 Å². The number of carbonyl (C=O) groups is 1. The van der Waals surface area contributed by atoms with Gasteiger partial charge in [0.25, 0.3) is 0 Å². The molecule has 2 heterocycles. The van der Waals surface area contributed by atoms with Crippen LogP contribution in [-0.4, -0.2) is 31.3 Å². The van der Waals surface area contributed by atoms with Gasteiger partial charge in [0.15, 0.2) is 0 Å². The lowest BCUT2D eigenvalue weighted by atomic mass is 9.74. The van der Waals surface area contributed by atoms with E-state index >= 15 is 0 Å². The van der Waals surface area contributed by atoms with E-state index in [9.17, 15) is 13.6 Å². The van der Waals surface area contributed by atoms with Gasteiger partial charge < -0.3 is 14.2 Å². The first-order chi connectivity index (χ1) is 9.99. The van der Waals surface area contributed by atoms with Crippen molar-refractivity contribution in [2.24, 2.45) is 0 Å². The summed E-state index contributed by atoms with van der Waals surface area (Å²) in [4.78, 5) is 12.8. The number of hydrogen-bond acceptors (Lipinski definition) is 3. The zero-order valence-electron chi connectivity index (χ0n) is 13.2. The van der Waals surface area contributed by atoms with Crippen LogP contribution in [0.15, 0.2) is 18.2 Å². The van der Waals surface area contributed by atoms with Gasteiger partial charge in [-0.3, -0.25) is 4.79 Å². The number of halogens is 2. The van der Waals surface area contributed by atoms with E-state index in [0.29, 0.717) is 0 Å². The average Bonchev–Trinajstić information content (AvgIpc) is 2.73. The van der Waals surface area contributed by atoms with Gasteiger partial charge in [0.05, 0.1) is 22.5 Å². The van der Waals surface area contributed by atoms with Gasteiger partial charge >= 0.3 is 18.9 Å². The molecule has 0 unspecified atom stereocenters. The van der Waals surface area contributed by atoms with E-state index in [1.165, 1.54) is 19.2 Å². The Hall–Kier alpha value is -1.47. The van der Waals surface area contributed by atoms with E-state index in [4.69, 9.17) is 9.31 Å². The van der Waals surface area contributed by atoms with E-state index in [1.807, 2.05) is 27.7 Å². The molecule has 1 amide bonds. The van der Waals surface area contributed by atoms with Gasteiger partial charge in [-0.1, -0.05) is 12.1 Å². The lowest BCUT2D eigenvalue weighted by Crippen LogP contribution is -2.41. The highest BCUT2D eigenvalue weighted by Gasteiger charge is 2.58. The number of nitrogens with zero attached hydrogens (tertiary/aromatic N) is 1. The summed E-state index contributed by atoms with van der Waals surface area (Å²) >= 11 is 0. The van der Waals surface area contributed by atoms with Crippen molar-refractivity contribution in [1.82, 2.24) is 0 Å². The Bertz CT molecular complexity index is 644. The third kappa shape index (κ3) is 1.85. The summed E-state index contributed by atoms with van der Waals surface area (Å²) in [6.45, 7) is 7.41. The van der Waals surface area contributed by atoms with Gasteiger partial charge in [-0.15, -0.1) is 0 Å². The molecule has 3 rings (SSSR count). The molecule has 0 radical (unpaired) electrons. The first-order valence-electron chi connectivity index (χ1n) is 7.14. The topological polar surface area (TPSA) is 38.8 Å². The minimum Gasteiger partial charge on any atom is -0.399 e. The Balaban J connectivity index is 2.12. The second kappa shape index (κ2) is 4.29. The lowest BCUT2D eigenvalue weighted by molar-refractivity contribution is -0.141. The summed E-state index contributed by atoms with van der Waals surface area (Å²) < 4.78 is 40.5. The molecule has 4 nitrogen and oxygen atoms in total. The predicted molar refractivity (Wildman–Crippen MR) is 79.5 cm³/mol. The van der Waals surface area contributed by atoms with Crippen molar-refractivity contribution < 1.29 is 22.9 Å². The number of carbonyl (C=O) groups excluding carboxylic acids is 1. The van der Waals surface area contributed by atoms with Crippen LogP contribution in [0.5, 0.6) is 0 Å². The quantitative estimate of drug-likeness (QED) is 0.745. The Labute approximate surface area is 128 Å². The van der Waals surface area contributed by atoms with E-state index in [-0.39, 0.29) is 16.7 Å². The van der Waals surface area contributed by atoms with Gasteiger partial charge in [-0.2, -0.15) is 8.78 Å². The molecular formula is C15H18BF2NO3. The zero-order chi connectivity index (χ0) is 16.5. The predicted octanol–water partition coefficient (Wildman–Crippen LogP) is 2.05. The second-order valence-corrected chi connectivity index (χ2v) is 6.77. The molecule has 0 saturated carbocycles. The number of anilines is 1. The smallest absolute Gasteiger partial charge is 0.399 e. The highest BCUT2D eigenvalue weighted by atomic mass is 19.3. The largest absolute Gasteiger partial charge is 0.495 e. The maximum absolute atomic E-state index is 14.4. The monoisotopic (exact) mass is 309 g/mol. The molecule has 1 fully saturated rings. The fourth-order valence-corrected chi connectivity index (χ4v) is 2.77. The molecule has 118 valence electrons. The number of likely N-dealkylation sites (N-methyl/N-ethyl adjacent to an activating group) is 1. The Morgan fingerprint density at radius 3 is 2.18 bits per heavy atom. The van der Waals surface area contributed by atoms with Crippen molar-refractivity contribution in [3.05, 3.63) is 23.8 Å². The summed E-state index contributed by atoms with van der Waals surface area (Å²) in [5.74, 6) is -4.80. The fraction of sp³-hybridized carbons (Fsp3) is 0.533. The Kier molecular flexibility index (Phi) is 3.01. The average molecular weight is 309 g/mol. The molecule has 0 spiro atoms. The molecule has 2 aliphatic rings. The number of hydrogen-bond donors (Lipinski definition) is 0. The van der Waals surface area contributed by atoms with Gasteiger partial charge in [-0.25, -0.2) is 0 Å². The first-order valence-corrected chi connectivity index (χ1v) is 7.14. The maximum atomic E-state index is 14.4. The van der Waals surface area contributed by atoms with Crippen LogP contribution in [0.1, 0.15) is 33.3 Å². The molecule has 0 atom stereocenters. The first kappa shape index (κ1) is 15.4. The van der Waals surface area contributed by atoms with Crippen LogP contribution in [-0.2, 0) is 20.0 Å². The number of amides is 1. The van der Waals surface area contributed by atoms with Gasteiger partial charge in [0.2, 0.25) is 0 Å². The molecule has 7 heteroatoms. The standard InChI is InChI=1S/C15H18BF2NO3/c1-13(2)14(3,4)22-16(21-13)9-7-6-8-10-11(9)15(17,18)12(20)19(10)5/h6-8H,1-5H3. The van der Waals surface area contributed by atoms with Gasteiger partial charge in [0.1, 0.15) is 0 Å². The number of benzene rings is 1. The van der Waals surface area contributed by atoms with Crippen LogP contribution in [0.3, 0.4) is 0 Å². The summed E-state index contributed by atoms with van der Waals surface area (Å²) in [6.07, 6.45) is 0. The summed E-state index contributed by atoms with van der Waals surface area (Å²) in [7, 11) is 0.418. The molecular weight excluding hydrogens is 291 g/mol. The van der Waals surface area contributed by atoms with E-state index in [2.05, 4.69) is 0 Å². The fourth-order valence-electron chi connectivity index (χ4n) is 2.77. The molecule has 0 bridgehead atoms. The Morgan fingerprint density at radius 1 is 1.09 bits per heavy atom. The van der Waals surface area contributed by atoms with Gasteiger partial charge in [-0.05, 0) is 39.2 Å². The Morgan fingerprint density at radius 2 is 1.64 bits per heavy atom. The number of rotatable bonds is 1. The molecule has 2 aliphatic heterocycles. The van der Waals surface area contributed by atoms with Crippen LogP contribution in [0, 0.1) is 0 Å². The van der Waals surface area contributed by atoms with Crippen molar-refractivity contribution in [2.75, 3.05) is 11.9 Å². The van der Waals surface area contributed by atoms with E-state index < -0.39 is 30.2 Å². The third-order valence-corrected chi connectivity index (χ3v) is 4.83. The van der Waals surface area contributed by atoms with Crippen LogP contribution >= 0.6 is 0 Å². The summed E-state index contributed by atoms with van der Waals surface area (Å²) in [5, 5.41) is 0. The third-order valence-electron chi connectivity index (χ3n) is 4.83. The highest BCUT2D eigenvalue weighted by Crippen LogP contribution is 2.44. The van der Waals surface area contributed by atoms with Crippen molar-refractivity contribution in [3.8, 4) is 0 Å². The van der Waals surface area contributed by atoms with Crippen LogP contribution in [0.2, 0.25) is 0 Å². The minimum atomic E-state index is -3.57. The van der Waals surface area contributed by atoms with E-state index in [0.717, 1.165) is 4.90 Å². The SMILES string of the molecule is CN1C(=O)C(F)(F)c2c(B3OC(C)(C)C(C)(C)O3)cccc21. The second-order valence-electron chi connectivity index (χ2n) is 6.77. The maximum Gasteiger partial charge on any atom is 0.495 e. The minimum absolute atomic E-state index is 0.196.